The molecule has 0 saturated heterocycles. The second kappa shape index (κ2) is 3.40. The number of aromatic nitrogens is 3. The van der Waals surface area contributed by atoms with Crippen molar-refractivity contribution in [1.29, 1.82) is 0 Å². The van der Waals surface area contributed by atoms with E-state index in [1.807, 2.05) is 4.68 Å². The van der Waals surface area contributed by atoms with Gasteiger partial charge in [-0.05, 0) is 12.8 Å². The van der Waals surface area contributed by atoms with Crippen LogP contribution in [-0.2, 0) is 17.8 Å². The lowest BCUT2D eigenvalue weighted by atomic mass is 10.0. The summed E-state index contributed by atoms with van der Waals surface area (Å²) < 4.78 is 1.84. The molecule has 1 aromatic heterocycles. The lowest BCUT2D eigenvalue weighted by molar-refractivity contribution is -0.136. The lowest BCUT2D eigenvalue weighted by Crippen LogP contribution is -2.14. The van der Waals surface area contributed by atoms with Crippen molar-refractivity contribution in [3.05, 3.63) is 11.6 Å². The van der Waals surface area contributed by atoms with Gasteiger partial charge in [0.2, 0.25) is 0 Å². The second-order valence-corrected chi connectivity index (χ2v) is 3.72. The molecule has 0 bridgehead atoms. The Morgan fingerprint density at radius 2 is 2.50 bits per heavy atom. The van der Waals surface area contributed by atoms with E-state index in [1.165, 1.54) is 0 Å². The Morgan fingerprint density at radius 3 is 3.14 bits per heavy atom. The third-order valence-corrected chi connectivity index (χ3v) is 2.50. The van der Waals surface area contributed by atoms with Crippen molar-refractivity contribution in [3.8, 4) is 0 Å². The second-order valence-electron chi connectivity index (χ2n) is 3.72. The molecule has 5 nitrogen and oxygen atoms in total. The van der Waals surface area contributed by atoms with E-state index in [9.17, 15) is 4.79 Å². The Bertz CT molecular complexity index is 359. The van der Waals surface area contributed by atoms with E-state index in [-0.39, 0.29) is 6.42 Å². The number of aryl methyl sites for hydroxylation is 1. The zero-order valence-electron chi connectivity index (χ0n) is 8.10. The molecule has 0 saturated carbocycles. The van der Waals surface area contributed by atoms with Crippen LogP contribution in [0.4, 0.5) is 0 Å². The number of hydrogen-bond acceptors (Lipinski definition) is 3. The number of hydrogen-bond donors (Lipinski definition) is 1. The molecule has 1 unspecified atom stereocenters. The van der Waals surface area contributed by atoms with E-state index in [2.05, 4.69) is 17.0 Å². The summed E-state index contributed by atoms with van der Waals surface area (Å²) in [5, 5.41) is 12.8. The molecule has 0 amide bonds. The van der Waals surface area contributed by atoms with Gasteiger partial charge < -0.3 is 5.11 Å². The van der Waals surface area contributed by atoms with Crippen LogP contribution < -0.4 is 0 Å². The zero-order chi connectivity index (χ0) is 10.1. The molecule has 2 heterocycles. The molecule has 0 aromatic carbocycles. The molecule has 14 heavy (non-hydrogen) atoms. The van der Waals surface area contributed by atoms with E-state index >= 15 is 0 Å². The number of aliphatic carboxylic acids is 1. The monoisotopic (exact) mass is 195 g/mol. The number of rotatable bonds is 2. The van der Waals surface area contributed by atoms with Gasteiger partial charge in [0.05, 0.1) is 0 Å². The minimum atomic E-state index is -0.874. The standard InChI is InChI=1S/C9H13N3O2/c1-6-3-2-4-12-9(6)10-7(11-12)5-8(13)14/h6H,2-5H2,1H3,(H,13,14). The Labute approximate surface area is 81.8 Å². The summed E-state index contributed by atoms with van der Waals surface area (Å²) in [6.07, 6.45) is 2.14. The fraction of sp³-hybridized carbons (Fsp3) is 0.667. The van der Waals surface area contributed by atoms with Gasteiger partial charge in [-0.25, -0.2) is 9.67 Å². The highest BCUT2D eigenvalue weighted by Crippen LogP contribution is 2.24. The van der Waals surface area contributed by atoms with E-state index in [0.29, 0.717) is 11.7 Å². The molecular formula is C9H13N3O2. The molecule has 1 N–H and O–H groups in total. The topological polar surface area (TPSA) is 68.0 Å². The smallest absolute Gasteiger partial charge is 0.311 e. The van der Waals surface area contributed by atoms with E-state index in [4.69, 9.17) is 5.11 Å². The van der Waals surface area contributed by atoms with Crippen molar-refractivity contribution in [1.82, 2.24) is 14.8 Å². The Kier molecular flexibility index (Phi) is 2.23. The van der Waals surface area contributed by atoms with Crippen LogP contribution in [-0.4, -0.2) is 25.8 Å². The van der Waals surface area contributed by atoms with Gasteiger partial charge in [-0.3, -0.25) is 4.79 Å². The van der Waals surface area contributed by atoms with Crippen molar-refractivity contribution >= 4 is 5.97 Å². The normalized spacial score (nSPS) is 20.5. The summed E-state index contributed by atoms with van der Waals surface area (Å²) in [6, 6.07) is 0. The Hall–Kier alpha value is -1.39. The van der Waals surface area contributed by atoms with Crippen LogP contribution in [0.3, 0.4) is 0 Å². The fourth-order valence-corrected chi connectivity index (χ4v) is 1.82. The molecule has 0 aliphatic carbocycles. The number of carbonyl (C=O) groups is 1. The van der Waals surface area contributed by atoms with Crippen LogP contribution >= 0.6 is 0 Å². The highest BCUT2D eigenvalue weighted by molar-refractivity contribution is 5.68. The maximum atomic E-state index is 10.5. The molecular weight excluding hydrogens is 182 g/mol. The maximum absolute atomic E-state index is 10.5. The van der Waals surface area contributed by atoms with Crippen LogP contribution in [0.2, 0.25) is 0 Å². The van der Waals surface area contributed by atoms with Gasteiger partial charge >= 0.3 is 5.97 Å². The van der Waals surface area contributed by atoms with Gasteiger partial charge in [-0.2, -0.15) is 5.10 Å². The van der Waals surface area contributed by atoms with E-state index < -0.39 is 5.97 Å². The molecule has 1 atom stereocenters. The van der Waals surface area contributed by atoms with Gasteiger partial charge in [0.25, 0.3) is 0 Å². The van der Waals surface area contributed by atoms with Crippen molar-refractivity contribution < 1.29 is 9.90 Å². The molecule has 76 valence electrons. The summed E-state index contributed by atoms with van der Waals surface area (Å²) >= 11 is 0. The molecule has 2 rings (SSSR count). The summed E-state index contributed by atoms with van der Waals surface area (Å²) in [4.78, 5) is 14.7. The van der Waals surface area contributed by atoms with Crippen LogP contribution in [0.25, 0.3) is 0 Å². The van der Waals surface area contributed by atoms with Crippen LogP contribution in [0.5, 0.6) is 0 Å². The van der Waals surface area contributed by atoms with Crippen molar-refractivity contribution in [2.24, 2.45) is 0 Å². The van der Waals surface area contributed by atoms with E-state index in [0.717, 1.165) is 25.2 Å². The number of nitrogens with zero attached hydrogens (tertiary/aromatic N) is 3. The molecule has 1 aromatic rings. The third kappa shape index (κ3) is 1.62. The lowest BCUT2D eigenvalue weighted by Gasteiger charge is -2.17. The number of carboxylic acid groups (broad SMARTS) is 1. The molecule has 0 radical (unpaired) electrons. The van der Waals surface area contributed by atoms with Gasteiger partial charge in [-0.1, -0.05) is 6.92 Å². The van der Waals surface area contributed by atoms with Crippen molar-refractivity contribution in [3.63, 3.8) is 0 Å². The number of fused-ring (bicyclic) bond motifs is 1. The van der Waals surface area contributed by atoms with Crippen LogP contribution in [0.15, 0.2) is 0 Å². The summed E-state index contributed by atoms with van der Waals surface area (Å²) in [5.41, 5.74) is 0. The third-order valence-electron chi connectivity index (χ3n) is 2.50. The first kappa shape index (κ1) is 9.18. The van der Waals surface area contributed by atoms with Gasteiger partial charge in [0.1, 0.15) is 12.2 Å². The average molecular weight is 195 g/mol. The van der Waals surface area contributed by atoms with Crippen LogP contribution in [0.1, 0.15) is 37.3 Å². The zero-order valence-corrected chi connectivity index (χ0v) is 8.10. The summed E-state index contributed by atoms with van der Waals surface area (Å²) in [7, 11) is 0. The highest BCUT2D eigenvalue weighted by atomic mass is 16.4. The minimum absolute atomic E-state index is 0.0767. The van der Waals surface area contributed by atoms with Crippen molar-refractivity contribution in [2.45, 2.75) is 38.6 Å². The minimum Gasteiger partial charge on any atom is -0.481 e. The molecule has 5 heteroatoms. The average Bonchev–Trinajstić information content (AvgIpc) is 2.47. The summed E-state index contributed by atoms with van der Waals surface area (Å²) in [6.45, 7) is 2.97. The first-order valence-electron chi connectivity index (χ1n) is 4.82. The summed E-state index contributed by atoms with van der Waals surface area (Å²) in [5.74, 6) is 0.896. The fourth-order valence-electron chi connectivity index (χ4n) is 1.82. The van der Waals surface area contributed by atoms with Crippen molar-refractivity contribution in [2.75, 3.05) is 0 Å². The van der Waals surface area contributed by atoms with E-state index in [1.54, 1.807) is 0 Å². The Morgan fingerprint density at radius 1 is 1.71 bits per heavy atom. The predicted octanol–water partition coefficient (Wildman–Crippen LogP) is 0.802. The highest BCUT2D eigenvalue weighted by Gasteiger charge is 2.21. The molecule has 0 spiro atoms. The largest absolute Gasteiger partial charge is 0.481 e. The predicted molar refractivity (Wildman–Crippen MR) is 49.0 cm³/mol. The quantitative estimate of drug-likeness (QED) is 0.758. The van der Waals surface area contributed by atoms with Gasteiger partial charge in [-0.15, -0.1) is 0 Å². The maximum Gasteiger partial charge on any atom is 0.311 e. The van der Waals surface area contributed by atoms with Gasteiger partial charge in [0.15, 0.2) is 5.82 Å². The Balaban J connectivity index is 2.26. The van der Waals surface area contributed by atoms with Crippen LogP contribution in [0, 0.1) is 0 Å². The first-order valence-corrected chi connectivity index (χ1v) is 4.82. The molecule has 1 aliphatic rings. The molecule has 0 fully saturated rings. The SMILES string of the molecule is CC1CCCn2nc(CC(=O)O)nc21. The number of carboxylic acids is 1. The van der Waals surface area contributed by atoms with Gasteiger partial charge in [0, 0.05) is 12.5 Å². The first-order chi connectivity index (χ1) is 6.66. The molecule has 1 aliphatic heterocycles.